The first kappa shape index (κ1) is 13.3. The molecular weight excluding hydrogens is 258 g/mol. The number of benzene rings is 3. The highest BCUT2D eigenvalue weighted by Crippen LogP contribution is 2.25. The molecule has 3 aromatic rings. The first-order valence-electron chi connectivity index (χ1n) is 6.94. The van der Waals surface area contributed by atoms with Crippen LogP contribution in [0, 0.1) is 0 Å². The molecule has 0 spiro atoms. The van der Waals surface area contributed by atoms with Crippen LogP contribution < -0.4 is 5.32 Å². The summed E-state index contributed by atoms with van der Waals surface area (Å²) < 4.78 is 0. The molecule has 0 unspecified atom stereocenters. The van der Waals surface area contributed by atoms with Gasteiger partial charge in [0, 0.05) is 23.2 Å². The molecule has 0 saturated heterocycles. The maximum Gasteiger partial charge on any atom is 0.120 e. The van der Waals surface area contributed by atoms with Crippen molar-refractivity contribution in [2.75, 3.05) is 5.32 Å². The van der Waals surface area contributed by atoms with Gasteiger partial charge in [-0.3, -0.25) is 0 Å². The minimum Gasteiger partial charge on any atom is -0.508 e. The van der Waals surface area contributed by atoms with E-state index >= 15 is 0 Å². The van der Waals surface area contributed by atoms with Crippen LogP contribution in [0.1, 0.15) is 11.1 Å². The summed E-state index contributed by atoms with van der Waals surface area (Å²) in [5.74, 6) is 0.299. The lowest BCUT2D eigenvalue weighted by Crippen LogP contribution is -2.00. The number of fused-ring (bicyclic) bond motifs is 1. The number of hydrogen-bond acceptors (Lipinski definition) is 2. The minimum atomic E-state index is 0.299. The fraction of sp³-hybridized carbons (Fsp3) is 0.0526. The molecule has 21 heavy (non-hydrogen) atoms. The number of hydrogen-bond donors (Lipinski definition) is 2. The molecule has 0 fully saturated rings. The highest BCUT2D eigenvalue weighted by molar-refractivity contribution is 5.93. The Kier molecular flexibility index (Phi) is 3.61. The lowest BCUT2D eigenvalue weighted by atomic mass is 10.1. The van der Waals surface area contributed by atoms with Gasteiger partial charge < -0.3 is 10.4 Å². The molecular formula is C19H17NO. The molecule has 0 radical (unpaired) electrons. The zero-order valence-electron chi connectivity index (χ0n) is 11.7. The molecule has 0 aliphatic heterocycles. The van der Waals surface area contributed by atoms with Crippen molar-refractivity contribution < 1.29 is 5.11 Å². The zero-order valence-corrected chi connectivity index (χ0v) is 11.7. The quantitative estimate of drug-likeness (QED) is 0.716. The Bertz CT molecular complexity index is 787. The maximum atomic E-state index is 9.95. The number of nitrogens with one attached hydrogen (secondary N) is 1. The van der Waals surface area contributed by atoms with Gasteiger partial charge in [-0.25, -0.2) is 0 Å². The molecule has 0 heterocycles. The smallest absolute Gasteiger partial charge is 0.120 e. The third-order valence-corrected chi connectivity index (χ3v) is 3.60. The van der Waals surface area contributed by atoms with Gasteiger partial charge in [0.25, 0.3) is 0 Å². The summed E-state index contributed by atoms with van der Waals surface area (Å²) in [5.41, 5.74) is 2.93. The second kappa shape index (κ2) is 5.71. The van der Waals surface area contributed by atoms with E-state index in [9.17, 15) is 5.11 Å². The van der Waals surface area contributed by atoms with E-state index in [1.165, 1.54) is 10.8 Å². The highest BCUT2D eigenvalue weighted by atomic mass is 16.3. The molecule has 3 rings (SSSR count). The van der Waals surface area contributed by atoms with Gasteiger partial charge in [0.15, 0.2) is 0 Å². The van der Waals surface area contributed by atoms with Crippen molar-refractivity contribution in [3.05, 3.63) is 78.4 Å². The molecule has 3 aromatic carbocycles. The molecule has 104 valence electrons. The van der Waals surface area contributed by atoms with Crippen LogP contribution in [-0.4, -0.2) is 5.11 Å². The van der Waals surface area contributed by atoms with E-state index in [0.717, 1.165) is 16.8 Å². The van der Waals surface area contributed by atoms with Gasteiger partial charge in [-0.15, -0.1) is 0 Å². The average molecular weight is 275 g/mol. The summed E-state index contributed by atoms with van der Waals surface area (Å²) in [6.45, 7) is 4.33. The van der Waals surface area contributed by atoms with Crippen LogP contribution in [0.25, 0.3) is 16.8 Å². The summed E-state index contributed by atoms with van der Waals surface area (Å²) in [7, 11) is 0. The molecule has 0 amide bonds. The summed E-state index contributed by atoms with van der Waals surface area (Å²) in [5, 5.41) is 15.7. The van der Waals surface area contributed by atoms with Gasteiger partial charge in [-0.2, -0.15) is 0 Å². The van der Waals surface area contributed by atoms with Crippen LogP contribution in [0.2, 0.25) is 0 Å². The predicted octanol–water partition coefficient (Wildman–Crippen LogP) is 4.80. The van der Waals surface area contributed by atoms with E-state index in [0.29, 0.717) is 12.3 Å². The second-order valence-electron chi connectivity index (χ2n) is 4.97. The van der Waals surface area contributed by atoms with Crippen molar-refractivity contribution in [3.63, 3.8) is 0 Å². The van der Waals surface area contributed by atoms with Crippen molar-refractivity contribution in [1.82, 2.24) is 0 Å². The average Bonchev–Trinajstić information content (AvgIpc) is 2.54. The first-order valence-corrected chi connectivity index (χ1v) is 6.94. The third kappa shape index (κ3) is 2.75. The van der Waals surface area contributed by atoms with Crippen LogP contribution in [0.5, 0.6) is 5.75 Å². The number of aromatic hydroxyl groups is 1. The van der Waals surface area contributed by atoms with Crippen molar-refractivity contribution in [2.24, 2.45) is 0 Å². The van der Waals surface area contributed by atoms with Crippen LogP contribution >= 0.6 is 0 Å². The van der Waals surface area contributed by atoms with Gasteiger partial charge in [0.2, 0.25) is 0 Å². The van der Waals surface area contributed by atoms with E-state index in [1.807, 2.05) is 30.3 Å². The minimum absolute atomic E-state index is 0.299. The van der Waals surface area contributed by atoms with Crippen LogP contribution in [0.4, 0.5) is 5.69 Å². The topological polar surface area (TPSA) is 32.3 Å². The normalized spacial score (nSPS) is 10.5. The van der Waals surface area contributed by atoms with Gasteiger partial charge in [-0.05, 0) is 29.1 Å². The highest BCUT2D eigenvalue weighted by Gasteiger charge is 2.04. The Hall–Kier alpha value is -2.74. The largest absolute Gasteiger partial charge is 0.508 e. The Balaban J connectivity index is 1.88. The molecule has 0 aliphatic rings. The summed E-state index contributed by atoms with van der Waals surface area (Å²) >= 11 is 0. The van der Waals surface area contributed by atoms with Crippen molar-refractivity contribution >= 4 is 22.5 Å². The maximum absolute atomic E-state index is 9.95. The zero-order chi connectivity index (χ0) is 14.7. The molecule has 0 atom stereocenters. The number of phenols is 1. The Morgan fingerprint density at radius 3 is 2.67 bits per heavy atom. The molecule has 0 saturated carbocycles. The van der Waals surface area contributed by atoms with Crippen LogP contribution in [0.3, 0.4) is 0 Å². The molecule has 2 nitrogen and oxygen atoms in total. The molecule has 0 aromatic heterocycles. The molecule has 2 heteroatoms. The van der Waals surface area contributed by atoms with Crippen molar-refractivity contribution in [1.29, 1.82) is 0 Å². The predicted molar refractivity (Wildman–Crippen MR) is 89.5 cm³/mol. The summed E-state index contributed by atoms with van der Waals surface area (Å²) in [6, 6.07) is 19.9. The van der Waals surface area contributed by atoms with Gasteiger partial charge in [0.1, 0.15) is 5.75 Å². The Labute approximate surface area is 124 Å². The lowest BCUT2D eigenvalue weighted by molar-refractivity contribution is 0.469. The monoisotopic (exact) mass is 275 g/mol. The van der Waals surface area contributed by atoms with Gasteiger partial charge in [0.05, 0.1) is 0 Å². The van der Waals surface area contributed by atoms with E-state index in [-0.39, 0.29) is 0 Å². The van der Waals surface area contributed by atoms with E-state index in [1.54, 1.807) is 12.1 Å². The Morgan fingerprint density at radius 2 is 1.81 bits per heavy atom. The molecule has 2 N–H and O–H groups in total. The molecule has 0 bridgehead atoms. The number of anilines is 1. The van der Waals surface area contributed by atoms with Crippen LogP contribution in [-0.2, 0) is 6.54 Å². The van der Waals surface area contributed by atoms with Crippen molar-refractivity contribution in [2.45, 2.75) is 6.54 Å². The summed E-state index contributed by atoms with van der Waals surface area (Å²) in [6.07, 6.45) is 1.78. The second-order valence-corrected chi connectivity index (χ2v) is 4.97. The summed E-state index contributed by atoms with van der Waals surface area (Å²) in [4.78, 5) is 0. The fourth-order valence-electron chi connectivity index (χ4n) is 2.44. The van der Waals surface area contributed by atoms with E-state index in [2.05, 4.69) is 36.2 Å². The van der Waals surface area contributed by atoms with Crippen molar-refractivity contribution in [3.8, 4) is 5.75 Å². The Morgan fingerprint density at radius 1 is 1.00 bits per heavy atom. The van der Waals surface area contributed by atoms with Gasteiger partial charge in [-0.1, -0.05) is 55.1 Å². The standard InChI is InChI=1S/C19H17NO/c1-2-14-10-11-19(21)16(12-14)13-20-18-9-5-7-15-6-3-4-8-17(15)18/h2-12,20-21H,1,13H2. The number of phenolic OH excluding ortho intramolecular Hbond substituents is 1. The fourth-order valence-corrected chi connectivity index (χ4v) is 2.44. The van der Waals surface area contributed by atoms with E-state index in [4.69, 9.17) is 0 Å². The van der Waals surface area contributed by atoms with Crippen LogP contribution in [0.15, 0.2) is 67.2 Å². The van der Waals surface area contributed by atoms with E-state index < -0.39 is 0 Å². The lowest BCUT2D eigenvalue weighted by Gasteiger charge is -2.11. The number of rotatable bonds is 4. The van der Waals surface area contributed by atoms with Gasteiger partial charge >= 0.3 is 0 Å². The third-order valence-electron chi connectivity index (χ3n) is 3.60. The SMILES string of the molecule is C=Cc1ccc(O)c(CNc2cccc3ccccc23)c1. The molecule has 0 aliphatic carbocycles. The first-order chi connectivity index (χ1) is 10.3.